The fourth-order valence-corrected chi connectivity index (χ4v) is 2.12. The van der Waals surface area contributed by atoms with Crippen LogP contribution in [0, 0.1) is 0 Å². The molecule has 0 bridgehead atoms. The van der Waals surface area contributed by atoms with E-state index in [2.05, 4.69) is 26.1 Å². The highest BCUT2D eigenvalue weighted by Gasteiger charge is 2.12. The summed E-state index contributed by atoms with van der Waals surface area (Å²) in [5.74, 6) is 0.660. The summed E-state index contributed by atoms with van der Waals surface area (Å²) in [5.41, 5.74) is 7.42. The number of phenols is 1. The van der Waals surface area contributed by atoms with Crippen molar-refractivity contribution in [2.24, 2.45) is 0 Å². The number of anilines is 1. The van der Waals surface area contributed by atoms with Gasteiger partial charge in [-0.1, -0.05) is 0 Å². The lowest BCUT2D eigenvalue weighted by Crippen LogP contribution is -1.91. The number of hydrogen-bond acceptors (Lipinski definition) is 4. The number of aromatic nitrogens is 3. The summed E-state index contributed by atoms with van der Waals surface area (Å²) in [7, 11) is 0. The molecule has 0 amide bonds. The number of rotatable bonds is 1. The van der Waals surface area contributed by atoms with Gasteiger partial charge in [-0.2, -0.15) is 0 Å². The van der Waals surface area contributed by atoms with Gasteiger partial charge in [-0.3, -0.25) is 4.40 Å². The Hall–Kier alpha value is -2.08. The fraction of sp³-hybridized carbons (Fsp3) is 0. The van der Waals surface area contributed by atoms with Gasteiger partial charge in [0.05, 0.1) is 5.56 Å². The van der Waals surface area contributed by atoms with Gasteiger partial charge in [0.25, 0.3) is 0 Å². The van der Waals surface area contributed by atoms with Gasteiger partial charge in [0.1, 0.15) is 5.75 Å². The van der Waals surface area contributed by atoms with Crippen molar-refractivity contribution in [2.75, 3.05) is 5.73 Å². The molecule has 6 heteroatoms. The van der Waals surface area contributed by atoms with Crippen LogP contribution in [0.5, 0.6) is 5.75 Å². The number of phenolic OH excluding ortho intramolecular Hbond substituents is 1. The standard InChI is InChI=1S/C12H9BrN4O/c13-7-1-4-11-15-16-12(17(11)6-7)9-3-2-8(14)5-10(9)18/h1-6,18H,14H2. The second-order valence-corrected chi connectivity index (χ2v) is 4.79. The summed E-state index contributed by atoms with van der Waals surface area (Å²) in [6.45, 7) is 0. The molecule has 1 aromatic carbocycles. The molecule has 0 aliphatic heterocycles. The molecule has 2 aromatic heterocycles. The van der Waals surface area contributed by atoms with Crippen molar-refractivity contribution in [3.05, 3.63) is 41.0 Å². The van der Waals surface area contributed by atoms with Crippen LogP contribution in [0.3, 0.4) is 0 Å². The van der Waals surface area contributed by atoms with Crippen molar-refractivity contribution in [2.45, 2.75) is 0 Å². The minimum atomic E-state index is 0.0873. The molecular formula is C12H9BrN4O. The van der Waals surface area contributed by atoms with Gasteiger partial charge in [-0.25, -0.2) is 0 Å². The van der Waals surface area contributed by atoms with E-state index < -0.39 is 0 Å². The Labute approximate surface area is 111 Å². The molecule has 0 aliphatic carbocycles. The third-order valence-electron chi connectivity index (χ3n) is 2.63. The maximum atomic E-state index is 9.92. The second-order valence-electron chi connectivity index (χ2n) is 3.88. The number of fused-ring (bicyclic) bond motifs is 1. The zero-order valence-electron chi connectivity index (χ0n) is 9.21. The molecule has 3 N–H and O–H groups in total. The molecule has 0 radical (unpaired) electrons. The molecule has 18 heavy (non-hydrogen) atoms. The number of nitrogen functional groups attached to an aromatic ring is 1. The lowest BCUT2D eigenvalue weighted by Gasteiger charge is -2.04. The Kier molecular flexibility index (Phi) is 2.45. The summed E-state index contributed by atoms with van der Waals surface area (Å²) in [4.78, 5) is 0. The summed E-state index contributed by atoms with van der Waals surface area (Å²) < 4.78 is 2.71. The van der Waals surface area contributed by atoms with Crippen molar-refractivity contribution in [1.82, 2.24) is 14.6 Å². The third kappa shape index (κ3) is 1.70. The first-order chi connectivity index (χ1) is 8.65. The lowest BCUT2D eigenvalue weighted by atomic mass is 10.1. The summed E-state index contributed by atoms with van der Waals surface area (Å²) in [5, 5.41) is 18.1. The number of hydrogen-bond donors (Lipinski definition) is 2. The van der Waals surface area contributed by atoms with Crippen molar-refractivity contribution >= 4 is 27.3 Å². The predicted molar refractivity (Wildman–Crippen MR) is 72.2 cm³/mol. The number of aromatic hydroxyl groups is 1. The minimum absolute atomic E-state index is 0.0873. The first-order valence-corrected chi connectivity index (χ1v) is 6.03. The number of nitrogens with two attached hydrogens (primary N) is 1. The molecule has 0 fully saturated rings. The van der Waals surface area contributed by atoms with Crippen LogP contribution in [0.4, 0.5) is 5.69 Å². The topological polar surface area (TPSA) is 76.4 Å². The quantitative estimate of drug-likeness (QED) is 0.677. The van der Waals surface area contributed by atoms with E-state index in [4.69, 9.17) is 5.73 Å². The van der Waals surface area contributed by atoms with E-state index in [0.29, 0.717) is 22.7 Å². The first-order valence-electron chi connectivity index (χ1n) is 5.24. The van der Waals surface area contributed by atoms with E-state index in [-0.39, 0.29) is 5.75 Å². The second kappa shape index (κ2) is 3.99. The molecule has 0 unspecified atom stereocenters. The van der Waals surface area contributed by atoms with Crippen LogP contribution in [0.25, 0.3) is 17.0 Å². The zero-order valence-corrected chi connectivity index (χ0v) is 10.8. The number of halogens is 1. The van der Waals surface area contributed by atoms with Crippen LogP contribution in [0.15, 0.2) is 41.0 Å². The van der Waals surface area contributed by atoms with Crippen LogP contribution in [0.2, 0.25) is 0 Å². The van der Waals surface area contributed by atoms with Crippen LogP contribution >= 0.6 is 15.9 Å². The average Bonchev–Trinajstić information content (AvgIpc) is 2.72. The van der Waals surface area contributed by atoms with E-state index in [1.807, 2.05) is 18.3 Å². The average molecular weight is 305 g/mol. The van der Waals surface area contributed by atoms with Crippen molar-refractivity contribution < 1.29 is 5.11 Å². The molecule has 0 atom stereocenters. The van der Waals surface area contributed by atoms with Crippen molar-refractivity contribution in [3.63, 3.8) is 0 Å². The van der Waals surface area contributed by atoms with E-state index in [0.717, 1.165) is 4.47 Å². The molecule has 2 heterocycles. The van der Waals surface area contributed by atoms with Gasteiger partial charge >= 0.3 is 0 Å². The smallest absolute Gasteiger partial charge is 0.172 e. The molecule has 5 nitrogen and oxygen atoms in total. The Morgan fingerprint density at radius 2 is 2.00 bits per heavy atom. The molecule has 0 aliphatic rings. The lowest BCUT2D eigenvalue weighted by molar-refractivity contribution is 0.477. The molecule has 0 spiro atoms. The van der Waals surface area contributed by atoms with E-state index in [9.17, 15) is 5.11 Å². The minimum Gasteiger partial charge on any atom is -0.507 e. The highest BCUT2D eigenvalue weighted by molar-refractivity contribution is 9.10. The number of nitrogens with zero attached hydrogens (tertiary/aromatic N) is 3. The van der Waals surface area contributed by atoms with Crippen LogP contribution in [-0.4, -0.2) is 19.7 Å². The van der Waals surface area contributed by atoms with E-state index >= 15 is 0 Å². The normalized spacial score (nSPS) is 10.9. The maximum Gasteiger partial charge on any atom is 0.172 e. The zero-order chi connectivity index (χ0) is 12.7. The Morgan fingerprint density at radius 3 is 2.78 bits per heavy atom. The molecule has 90 valence electrons. The van der Waals surface area contributed by atoms with Gasteiger partial charge < -0.3 is 10.8 Å². The summed E-state index contributed by atoms with van der Waals surface area (Å²) in [6.07, 6.45) is 1.85. The van der Waals surface area contributed by atoms with Crippen LogP contribution in [-0.2, 0) is 0 Å². The van der Waals surface area contributed by atoms with Gasteiger partial charge in [-0.15, -0.1) is 10.2 Å². The van der Waals surface area contributed by atoms with Crippen LogP contribution < -0.4 is 5.73 Å². The Balaban J connectivity index is 2.28. The van der Waals surface area contributed by atoms with E-state index in [1.165, 1.54) is 6.07 Å². The molecule has 3 rings (SSSR count). The monoisotopic (exact) mass is 304 g/mol. The highest BCUT2D eigenvalue weighted by atomic mass is 79.9. The molecule has 0 saturated heterocycles. The van der Waals surface area contributed by atoms with Gasteiger partial charge in [0.15, 0.2) is 11.5 Å². The summed E-state index contributed by atoms with van der Waals surface area (Å²) in [6, 6.07) is 8.66. The molecular weight excluding hydrogens is 296 g/mol. The number of pyridine rings is 1. The fourth-order valence-electron chi connectivity index (χ4n) is 1.79. The predicted octanol–water partition coefficient (Wildman–Crippen LogP) is 2.45. The molecule has 0 saturated carbocycles. The summed E-state index contributed by atoms with van der Waals surface area (Å²) >= 11 is 3.40. The number of benzene rings is 1. The largest absolute Gasteiger partial charge is 0.507 e. The van der Waals surface area contributed by atoms with Crippen LogP contribution in [0.1, 0.15) is 0 Å². The van der Waals surface area contributed by atoms with Gasteiger partial charge in [0, 0.05) is 22.4 Å². The Bertz CT molecular complexity index is 738. The maximum absolute atomic E-state index is 9.92. The third-order valence-corrected chi connectivity index (χ3v) is 3.10. The van der Waals surface area contributed by atoms with Gasteiger partial charge in [-0.05, 0) is 40.2 Å². The Morgan fingerprint density at radius 1 is 1.17 bits per heavy atom. The van der Waals surface area contributed by atoms with Gasteiger partial charge in [0.2, 0.25) is 0 Å². The van der Waals surface area contributed by atoms with Crippen molar-refractivity contribution in [1.29, 1.82) is 0 Å². The highest BCUT2D eigenvalue weighted by Crippen LogP contribution is 2.30. The van der Waals surface area contributed by atoms with Crippen molar-refractivity contribution in [3.8, 4) is 17.1 Å². The first kappa shape index (κ1) is 11.0. The SMILES string of the molecule is Nc1ccc(-c2nnc3ccc(Br)cn23)c(O)c1. The van der Waals surface area contributed by atoms with E-state index in [1.54, 1.807) is 16.5 Å². The molecule has 3 aromatic rings.